The quantitative estimate of drug-likeness (QED) is 0.854. The number of amides is 3. The predicted molar refractivity (Wildman–Crippen MR) is 84.9 cm³/mol. The molecule has 1 fully saturated rings. The fourth-order valence-corrected chi connectivity index (χ4v) is 2.70. The fraction of sp³-hybridized carbons (Fsp3) is 0.467. The number of nitrogens with one attached hydrogen (secondary N) is 2. The number of carbonyl (C=O) groups is 2. The Kier molecular flexibility index (Phi) is 5.36. The summed E-state index contributed by atoms with van der Waals surface area (Å²) in [5.74, 6) is -0.180. The number of rotatable bonds is 5. The van der Waals surface area contributed by atoms with Crippen molar-refractivity contribution in [2.24, 2.45) is 0 Å². The number of benzene rings is 1. The minimum absolute atomic E-state index is 0.0858. The second-order valence-corrected chi connectivity index (χ2v) is 6.04. The molecule has 2 atom stereocenters. The van der Waals surface area contributed by atoms with Gasteiger partial charge < -0.3 is 5.32 Å². The third-order valence-corrected chi connectivity index (χ3v) is 4.15. The van der Waals surface area contributed by atoms with Crippen molar-refractivity contribution in [3.05, 3.63) is 34.3 Å². The lowest BCUT2D eigenvalue weighted by Crippen LogP contribution is -2.47. The number of hydrogen-bond acceptors (Lipinski definition) is 3. The van der Waals surface area contributed by atoms with Crippen molar-refractivity contribution < 1.29 is 9.59 Å². The molecule has 21 heavy (non-hydrogen) atoms. The zero-order chi connectivity index (χ0) is 15.4. The van der Waals surface area contributed by atoms with E-state index < -0.39 is 6.04 Å². The van der Waals surface area contributed by atoms with Crippen LogP contribution in [0.15, 0.2) is 28.7 Å². The van der Waals surface area contributed by atoms with Gasteiger partial charge in [-0.15, -0.1) is 0 Å². The molecule has 114 valence electrons. The summed E-state index contributed by atoms with van der Waals surface area (Å²) in [5.41, 5.74) is 1.13. The summed E-state index contributed by atoms with van der Waals surface area (Å²) < 4.78 is 1.03. The van der Waals surface area contributed by atoms with Gasteiger partial charge in [-0.25, -0.2) is 4.79 Å². The molecular weight excluding hydrogens is 334 g/mol. The first-order valence-corrected chi connectivity index (χ1v) is 7.93. The van der Waals surface area contributed by atoms with E-state index in [1.165, 1.54) is 4.90 Å². The molecule has 1 aromatic rings. The van der Waals surface area contributed by atoms with Gasteiger partial charge in [0.05, 0.1) is 6.04 Å². The van der Waals surface area contributed by atoms with Gasteiger partial charge in [-0.1, -0.05) is 35.0 Å². The molecule has 0 aromatic heterocycles. The minimum Gasteiger partial charge on any atom is -0.336 e. The molecule has 5 nitrogen and oxygen atoms in total. The SMILES string of the molecule is CCC(NC(C)C(=O)N1CCNC1=O)c1ccc(Br)cc1. The first-order chi connectivity index (χ1) is 10.0. The summed E-state index contributed by atoms with van der Waals surface area (Å²) in [7, 11) is 0. The average Bonchev–Trinajstić information content (AvgIpc) is 2.91. The van der Waals surface area contributed by atoms with Crippen molar-refractivity contribution in [1.82, 2.24) is 15.5 Å². The summed E-state index contributed by atoms with van der Waals surface area (Å²) in [6.45, 7) is 4.84. The standard InChI is InChI=1S/C15H20BrN3O2/c1-3-13(11-4-6-12(16)7-5-11)18-10(2)14(20)19-9-8-17-15(19)21/h4-7,10,13,18H,3,8-9H2,1-2H3,(H,17,21). The zero-order valence-electron chi connectivity index (χ0n) is 12.2. The Labute approximate surface area is 133 Å². The van der Waals surface area contributed by atoms with Crippen LogP contribution < -0.4 is 10.6 Å². The van der Waals surface area contributed by atoms with Gasteiger partial charge in [0.15, 0.2) is 0 Å². The highest BCUT2D eigenvalue weighted by molar-refractivity contribution is 9.10. The van der Waals surface area contributed by atoms with E-state index in [0.29, 0.717) is 13.1 Å². The molecule has 1 heterocycles. The normalized spacial score (nSPS) is 17.5. The van der Waals surface area contributed by atoms with Crippen LogP contribution in [0.25, 0.3) is 0 Å². The minimum atomic E-state index is -0.401. The van der Waals surface area contributed by atoms with Gasteiger partial charge in [0.2, 0.25) is 5.91 Å². The molecule has 6 heteroatoms. The maximum absolute atomic E-state index is 12.3. The molecule has 0 spiro atoms. The topological polar surface area (TPSA) is 61.4 Å². The third-order valence-electron chi connectivity index (χ3n) is 3.63. The second kappa shape index (κ2) is 7.04. The molecule has 1 aromatic carbocycles. The van der Waals surface area contributed by atoms with Crippen molar-refractivity contribution in [3.8, 4) is 0 Å². The van der Waals surface area contributed by atoms with Crippen LogP contribution in [0.4, 0.5) is 4.79 Å². The van der Waals surface area contributed by atoms with E-state index in [0.717, 1.165) is 16.5 Å². The van der Waals surface area contributed by atoms with Crippen LogP contribution >= 0.6 is 15.9 Å². The Morgan fingerprint density at radius 2 is 2.10 bits per heavy atom. The lowest BCUT2D eigenvalue weighted by Gasteiger charge is -2.24. The molecule has 2 N–H and O–H groups in total. The van der Waals surface area contributed by atoms with Crippen LogP contribution in [0.3, 0.4) is 0 Å². The molecule has 2 rings (SSSR count). The molecule has 0 radical (unpaired) electrons. The number of urea groups is 1. The monoisotopic (exact) mass is 353 g/mol. The van der Waals surface area contributed by atoms with Crippen molar-refractivity contribution >= 4 is 27.9 Å². The maximum Gasteiger partial charge on any atom is 0.324 e. The second-order valence-electron chi connectivity index (χ2n) is 5.12. The van der Waals surface area contributed by atoms with Crippen molar-refractivity contribution in [1.29, 1.82) is 0 Å². The van der Waals surface area contributed by atoms with Crippen molar-refractivity contribution in [3.63, 3.8) is 0 Å². The highest BCUT2D eigenvalue weighted by Crippen LogP contribution is 2.20. The van der Waals surface area contributed by atoms with Gasteiger partial charge in [-0.05, 0) is 31.0 Å². The summed E-state index contributed by atoms with van der Waals surface area (Å²) in [5, 5.41) is 5.96. The Hall–Kier alpha value is -1.40. The lowest BCUT2D eigenvalue weighted by atomic mass is 10.0. The van der Waals surface area contributed by atoms with Crippen LogP contribution in [0, 0.1) is 0 Å². The average molecular weight is 354 g/mol. The van der Waals surface area contributed by atoms with E-state index in [1.54, 1.807) is 6.92 Å². The van der Waals surface area contributed by atoms with Crippen LogP contribution in [-0.4, -0.2) is 36.0 Å². The number of halogens is 1. The third kappa shape index (κ3) is 3.83. The highest BCUT2D eigenvalue weighted by atomic mass is 79.9. The van der Waals surface area contributed by atoms with E-state index in [2.05, 4.69) is 33.5 Å². The molecule has 1 aliphatic heterocycles. The van der Waals surface area contributed by atoms with Gasteiger partial charge in [0.1, 0.15) is 0 Å². The van der Waals surface area contributed by atoms with Gasteiger partial charge >= 0.3 is 6.03 Å². The fourth-order valence-electron chi connectivity index (χ4n) is 2.43. The number of nitrogens with zero attached hydrogens (tertiary/aromatic N) is 1. The highest BCUT2D eigenvalue weighted by Gasteiger charge is 2.30. The van der Waals surface area contributed by atoms with Gasteiger partial charge in [-0.2, -0.15) is 0 Å². The summed E-state index contributed by atoms with van der Waals surface area (Å²) in [6.07, 6.45) is 0.867. The van der Waals surface area contributed by atoms with Crippen LogP contribution in [0.2, 0.25) is 0 Å². The van der Waals surface area contributed by atoms with E-state index in [4.69, 9.17) is 0 Å². The first-order valence-electron chi connectivity index (χ1n) is 7.13. The van der Waals surface area contributed by atoms with Gasteiger partial charge in [0.25, 0.3) is 0 Å². The predicted octanol–water partition coefficient (Wildman–Crippen LogP) is 2.43. The smallest absolute Gasteiger partial charge is 0.324 e. The first kappa shape index (κ1) is 16.0. The number of hydrogen-bond donors (Lipinski definition) is 2. The largest absolute Gasteiger partial charge is 0.336 e. The van der Waals surface area contributed by atoms with Gasteiger partial charge in [0, 0.05) is 23.6 Å². The molecule has 3 amide bonds. The van der Waals surface area contributed by atoms with Crippen LogP contribution in [0.5, 0.6) is 0 Å². The summed E-state index contributed by atoms with van der Waals surface area (Å²) >= 11 is 3.42. The van der Waals surface area contributed by atoms with Crippen LogP contribution in [0.1, 0.15) is 31.9 Å². The Balaban J connectivity index is 2.02. The molecular formula is C15H20BrN3O2. The van der Waals surface area contributed by atoms with E-state index >= 15 is 0 Å². The van der Waals surface area contributed by atoms with Crippen LogP contribution in [-0.2, 0) is 4.79 Å². The van der Waals surface area contributed by atoms with E-state index in [9.17, 15) is 9.59 Å². The lowest BCUT2D eigenvalue weighted by molar-refractivity contribution is -0.129. The molecule has 0 bridgehead atoms. The molecule has 1 saturated heterocycles. The van der Waals surface area contributed by atoms with Crippen molar-refractivity contribution in [2.75, 3.05) is 13.1 Å². The molecule has 2 unspecified atom stereocenters. The molecule has 0 saturated carbocycles. The Morgan fingerprint density at radius 1 is 1.43 bits per heavy atom. The maximum atomic E-state index is 12.3. The Bertz CT molecular complexity index is 518. The summed E-state index contributed by atoms with van der Waals surface area (Å²) in [4.78, 5) is 25.1. The number of carbonyl (C=O) groups excluding carboxylic acids is 2. The molecule has 1 aliphatic rings. The summed E-state index contributed by atoms with van der Waals surface area (Å²) in [6, 6.07) is 7.42. The van der Waals surface area contributed by atoms with E-state index in [-0.39, 0.29) is 18.0 Å². The Morgan fingerprint density at radius 3 is 2.62 bits per heavy atom. The van der Waals surface area contributed by atoms with Crippen molar-refractivity contribution in [2.45, 2.75) is 32.4 Å². The van der Waals surface area contributed by atoms with Gasteiger partial charge in [-0.3, -0.25) is 15.0 Å². The van der Waals surface area contributed by atoms with E-state index in [1.807, 2.05) is 24.3 Å². The molecule has 0 aliphatic carbocycles. The number of imide groups is 1. The zero-order valence-corrected chi connectivity index (χ0v) is 13.8.